The van der Waals surface area contributed by atoms with Gasteiger partial charge < -0.3 is 9.15 Å². The maximum atomic E-state index is 12.0. The Morgan fingerprint density at radius 2 is 2.09 bits per heavy atom. The Labute approximate surface area is 131 Å². The molecule has 2 heterocycles. The monoisotopic (exact) mass is 314 g/mol. The van der Waals surface area contributed by atoms with Gasteiger partial charge in [-0.05, 0) is 31.2 Å². The molecular weight excluding hydrogens is 300 g/mol. The molecule has 0 radical (unpaired) electrons. The molecule has 6 heteroatoms. The molecule has 0 aliphatic heterocycles. The Bertz CT molecular complexity index is 765. The van der Waals surface area contributed by atoms with Gasteiger partial charge in [-0.15, -0.1) is 11.3 Å². The lowest BCUT2D eigenvalue weighted by atomic mass is 10.3. The first-order valence-electron chi connectivity index (χ1n) is 6.71. The van der Waals surface area contributed by atoms with Crippen molar-refractivity contribution in [2.45, 2.75) is 13.5 Å². The van der Waals surface area contributed by atoms with E-state index < -0.39 is 0 Å². The molecule has 22 heavy (non-hydrogen) atoms. The molecular formula is C16H14N2O3S. The minimum absolute atomic E-state index is 0.236. The number of thiazole rings is 1. The van der Waals surface area contributed by atoms with Crippen molar-refractivity contribution in [2.75, 3.05) is 5.32 Å². The van der Waals surface area contributed by atoms with Crippen LogP contribution in [0.25, 0.3) is 0 Å². The number of amides is 1. The van der Waals surface area contributed by atoms with Crippen LogP contribution in [0.15, 0.2) is 53.1 Å². The summed E-state index contributed by atoms with van der Waals surface area (Å²) >= 11 is 1.42. The Morgan fingerprint density at radius 3 is 2.82 bits per heavy atom. The smallest absolute Gasteiger partial charge is 0.293 e. The molecule has 0 aliphatic carbocycles. The highest BCUT2D eigenvalue weighted by Gasteiger charge is 2.13. The molecule has 0 spiro atoms. The van der Waals surface area contributed by atoms with Crippen molar-refractivity contribution in [1.82, 2.24) is 4.98 Å². The summed E-state index contributed by atoms with van der Waals surface area (Å²) in [7, 11) is 0. The third kappa shape index (κ3) is 3.53. The van der Waals surface area contributed by atoms with Gasteiger partial charge in [-0.25, -0.2) is 4.98 Å². The second-order valence-electron chi connectivity index (χ2n) is 4.60. The molecule has 0 fully saturated rings. The molecule has 2 aromatic heterocycles. The summed E-state index contributed by atoms with van der Waals surface area (Å²) in [6.07, 6.45) is 1.71. The summed E-state index contributed by atoms with van der Waals surface area (Å²) in [6.45, 7) is 2.20. The maximum absolute atomic E-state index is 12.0. The number of anilines is 1. The quantitative estimate of drug-likeness (QED) is 0.776. The lowest BCUT2D eigenvalue weighted by Gasteiger charge is -2.03. The molecule has 5 nitrogen and oxygen atoms in total. The molecule has 0 saturated heterocycles. The molecule has 112 valence electrons. The van der Waals surface area contributed by atoms with Crippen molar-refractivity contribution in [2.24, 2.45) is 0 Å². The van der Waals surface area contributed by atoms with Gasteiger partial charge in [0.25, 0.3) is 5.91 Å². The van der Waals surface area contributed by atoms with Gasteiger partial charge in [0.2, 0.25) is 0 Å². The Hall–Kier alpha value is -2.60. The van der Waals surface area contributed by atoms with E-state index in [-0.39, 0.29) is 18.3 Å². The van der Waals surface area contributed by atoms with E-state index in [1.807, 2.05) is 37.3 Å². The summed E-state index contributed by atoms with van der Waals surface area (Å²) in [5.41, 5.74) is 0. The van der Waals surface area contributed by atoms with Gasteiger partial charge in [-0.1, -0.05) is 18.2 Å². The molecule has 1 aromatic carbocycles. The number of furan rings is 1. The van der Waals surface area contributed by atoms with Crippen molar-refractivity contribution in [3.05, 3.63) is 65.1 Å². The normalized spacial score (nSPS) is 10.4. The average molecular weight is 314 g/mol. The zero-order chi connectivity index (χ0) is 15.4. The van der Waals surface area contributed by atoms with Gasteiger partial charge in [-0.3, -0.25) is 10.1 Å². The Balaban J connectivity index is 1.59. The molecule has 3 aromatic rings. The maximum Gasteiger partial charge on any atom is 0.293 e. The second kappa shape index (κ2) is 6.44. The molecule has 0 unspecified atom stereocenters. The molecule has 0 saturated carbocycles. The third-order valence-corrected chi connectivity index (χ3v) is 3.68. The standard InChI is InChI=1S/C16H14N2O3S/c1-11-9-17-16(22-11)18-15(19)14-8-7-13(21-14)10-20-12-5-3-2-4-6-12/h2-9H,10H2,1H3,(H,17,18,19). The van der Waals surface area contributed by atoms with Crippen LogP contribution < -0.4 is 10.1 Å². The van der Waals surface area contributed by atoms with Crippen molar-refractivity contribution < 1.29 is 13.9 Å². The molecule has 0 aliphatic rings. The lowest BCUT2D eigenvalue weighted by molar-refractivity contribution is 0.0992. The number of hydrogen-bond acceptors (Lipinski definition) is 5. The summed E-state index contributed by atoms with van der Waals surface area (Å²) < 4.78 is 11.1. The van der Waals surface area contributed by atoms with Gasteiger partial charge in [-0.2, -0.15) is 0 Å². The van der Waals surface area contributed by atoms with Crippen molar-refractivity contribution in [3.8, 4) is 5.75 Å². The van der Waals surface area contributed by atoms with E-state index in [4.69, 9.17) is 9.15 Å². The molecule has 0 atom stereocenters. The predicted molar refractivity (Wildman–Crippen MR) is 84.3 cm³/mol. The van der Waals surface area contributed by atoms with Gasteiger partial charge in [0.1, 0.15) is 18.1 Å². The van der Waals surface area contributed by atoms with E-state index in [0.717, 1.165) is 10.6 Å². The first-order valence-corrected chi connectivity index (χ1v) is 7.53. The van der Waals surface area contributed by atoms with Crippen LogP contribution in [0.4, 0.5) is 5.13 Å². The van der Waals surface area contributed by atoms with E-state index in [2.05, 4.69) is 10.3 Å². The average Bonchev–Trinajstić information content (AvgIpc) is 3.15. The van der Waals surface area contributed by atoms with Crippen LogP contribution in [-0.4, -0.2) is 10.9 Å². The summed E-state index contributed by atoms with van der Waals surface area (Å²) in [5, 5.41) is 3.26. The first kappa shape index (κ1) is 14.3. The number of carbonyl (C=O) groups excluding carboxylic acids is 1. The molecule has 1 N–H and O–H groups in total. The number of nitrogens with zero attached hydrogens (tertiary/aromatic N) is 1. The van der Waals surface area contributed by atoms with Crippen LogP contribution in [0.5, 0.6) is 5.75 Å². The number of hydrogen-bond donors (Lipinski definition) is 1. The summed E-state index contributed by atoms with van der Waals surface area (Å²) in [4.78, 5) is 17.2. The fourth-order valence-corrected chi connectivity index (χ4v) is 2.48. The minimum atomic E-state index is -0.319. The molecule has 0 bridgehead atoms. The number of benzene rings is 1. The minimum Gasteiger partial charge on any atom is -0.486 e. The van der Waals surface area contributed by atoms with Crippen LogP contribution in [0.3, 0.4) is 0 Å². The highest BCUT2D eigenvalue weighted by molar-refractivity contribution is 7.15. The van der Waals surface area contributed by atoms with Gasteiger partial charge in [0.05, 0.1) is 0 Å². The number of carbonyl (C=O) groups is 1. The highest BCUT2D eigenvalue weighted by Crippen LogP contribution is 2.19. The van der Waals surface area contributed by atoms with Crippen LogP contribution in [0.2, 0.25) is 0 Å². The lowest BCUT2D eigenvalue weighted by Crippen LogP contribution is -2.10. The Morgan fingerprint density at radius 1 is 1.27 bits per heavy atom. The number of aromatic nitrogens is 1. The fourth-order valence-electron chi connectivity index (χ4n) is 1.82. The van der Waals surface area contributed by atoms with E-state index in [9.17, 15) is 4.79 Å². The second-order valence-corrected chi connectivity index (χ2v) is 5.83. The highest BCUT2D eigenvalue weighted by atomic mass is 32.1. The number of para-hydroxylation sites is 1. The van der Waals surface area contributed by atoms with Gasteiger partial charge >= 0.3 is 0 Å². The topological polar surface area (TPSA) is 64.4 Å². The largest absolute Gasteiger partial charge is 0.486 e. The van der Waals surface area contributed by atoms with Crippen LogP contribution in [0.1, 0.15) is 21.2 Å². The zero-order valence-electron chi connectivity index (χ0n) is 11.9. The number of ether oxygens (including phenoxy) is 1. The van der Waals surface area contributed by atoms with Crippen LogP contribution >= 0.6 is 11.3 Å². The predicted octanol–water partition coefficient (Wildman–Crippen LogP) is 3.88. The number of rotatable bonds is 5. The van der Waals surface area contributed by atoms with Crippen molar-refractivity contribution in [1.29, 1.82) is 0 Å². The Kier molecular flexibility index (Phi) is 4.20. The van der Waals surface area contributed by atoms with Gasteiger partial charge in [0.15, 0.2) is 10.9 Å². The van der Waals surface area contributed by atoms with Crippen LogP contribution in [-0.2, 0) is 6.61 Å². The van der Waals surface area contributed by atoms with E-state index in [1.54, 1.807) is 18.3 Å². The molecule has 1 amide bonds. The van der Waals surface area contributed by atoms with Crippen molar-refractivity contribution in [3.63, 3.8) is 0 Å². The molecule has 3 rings (SSSR count). The fraction of sp³-hybridized carbons (Fsp3) is 0.125. The zero-order valence-corrected chi connectivity index (χ0v) is 12.7. The van der Waals surface area contributed by atoms with Gasteiger partial charge in [0, 0.05) is 11.1 Å². The first-order chi connectivity index (χ1) is 10.7. The number of aryl methyl sites for hydroxylation is 1. The van der Waals surface area contributed by atoms with E-state index in [0.29, 0.717) is 10.9 Å². The summed E-state index contributed by atoms with van der Waals surface area (Å²) in [5.74, 6) is 1.26. The van der Waals surface area contributed by atoms with E-state index >= 15 is 0 Å². The number of nitrogens with one attached hydrogen (secondary N) is 1. The summed E-state index contributed by atoms with van der Waals surface area (Å²) in [6, 6.07) is 12.8. The van der Waals surface area contributed by atoms with Crippen LogP contribution in [0, 0.1) is 6.92 Å². The SMILES string of the molecule is Cc1cnc(NC(=O)c2ccc(COc3ccccc3)o2)s1. The van der Waals surface area contributed by atoms with E-state index in [1.165, 1.54) is 11.3 Å². The third-order valence-electron chi connectivity index (χ3n) is 2.85. The van der Waals surface area contributed by atoms with Crippen molar-refractivity contribution >= 4 is 22.4 Å².